The highest BCUT2D eigenvalue weighted by Gasteiger charge is 2.39. The number of aryl methyl sites for hydroxylation is 2. The Balaban J connectivity index is 1.73. The Labute approximate surface area is 135 Å². The molecule has 3 nitrogen and oxygen atoms in total. The van der Waals surface area contributed by atoms with Gasteiger partial charge in [-0.3, -0.25) is 0 Å². The monoisotopic (exact) mass is 353 g/mol. The summed E-state index contributed by atoms with van der Waals surface area (Å²) in [6.07, 6.45) is 4.23. The van der Waals surface area contributed by atoms with Gasteiger partial charge in [-0.15, -0.1) is 0 Å². The van der Waals surface area contributed by atoms with Gasteiger partial charge < -0.3 is 14.8 Å². The first kappa shape index (κ1) is 15.3. The second-order valence-corrected chi connectivity index (χ2v) is 7.31. The topological polar surface area (TPSA) is 30.5 Å². The van der Waals surface area contributed by atoms with Gasteiger partial charge in [-0.2, -0.15) is 0 Å². The molecule has 0 aromatic heterocycles. The fraction of sp³-hybridized carbons (Fsp3) is 0.647. The quantitative estimate of drug-likeness (QED) is 0.863. The second-order valence-electron chi connectivity index (χ2n) is 6.39. The lowest BCUT2D eigenvalue weighted by atomic mass is 9.84. The van der Waals surface area contributed by atoms with E-state index in [-0.39, 0.29) is 5.60 Å². The van der Waals surface area contributed by atoms with Crippen molar-refractivity contribution in [3.8, 4) is 0 Å². The lowest BCUT2D eigenvalue weighted by molar-refractivity contribution is -0.135. The van der Waals surface area contributed by atoms with E-state index in [1.54, 1.807) is 0 Å². The van der Waals surface area contributed by atoms with E-state index in [9.17, 15) is 0 Å². The van der Waals surface area contributed by atoms with Crippen molar-refractivity contribution in [2.45, 2.75) is 51.2 Å². The Kier molecular flexibility index (Phi) is 4.57. The van der Waals surface area contributed by atoms with E-state index in [0.29, 0.717) is 6.04 Å². The molecule has 1 aromatic rings. The maximum atomic E-state index is 6.13. The average molecular weight is 354 g/mol. The summed E-state index contributed by atoms with van der Waals surface area (Å²) in [5.74, 6) is 0. The van der Waals surface area contributed by atoms with E-state index in [4.69, 9.17) is 9.47 Å². The van der Waals surface area contributed by atoms with Crippen LogP contribution in [0.25, 0.3) is 0 Å². The summed E-state index contributed by atoms with van der Waals surface area (Å²) < 4.78 is 12.8. The molecule has 0 bridgehead atoms. The van der Waals surface area contributed by atoms with Crippen LogP contribution >= 0.6 is 15.9 Å². The van der Waals surface area contributed by atoms with Crippen LogP contribution in [0.2, 0.25) is 0 Å². The van der Waals surface area contributed by atoms with E-state index in [1.165, 1.54) is 16.8 Å². The molecule has 1 N–H and O–H groups in total. The summed E-state index contributed by atoms with van der Waals surface area (Å²) in [5.41, 5.74) is 3.93. The molecule has 2 heterocycles. The average Bonchev–Trinajstić information content (AvgIpc) is 2.44. The highest BCUT2D eigenvalue weighted by molar-refractivity contribution is 9.10. The van der Waals surface area contributed by atoms with Crippen LogP contribution in [0.4, 0.5) is 5.69 Å². The third-order valence-electron chi connectivity index (χ3n) is 4.74. The third-order valence-corrected chi connectivity index (χ3v) is 5.20. The molecule has 2 saturated heterocycles. The maximum Gasteiger partial charge on any atom is 0.0745 e. The van der Waals surface area contributed by atoms with Crippen molar-refractivity contribution in [1.29, 1.82) is 0 Å². The van der Waals surface area contributed by atoms with Gasteiger partial charge in [0.2, 0.25) is 0 Å². The Hall–Kier alpha value is -0.580. The van der Waals surface area contributed by atoms with Crippen LogP contribution in [0.15, 0.2) is 16.6 Å². The summed E-state index contributed by atoms with van der Waals surface area (Å²) in [4.78, 5) is 0. The first-order chi connectivity index (χ1) is 10.1. The molecule has 1 unspecified atom stereocenters. The molecule has 2 aliphatic heterocycles. The smallest absolute Gasteiger partial charge is 0.0745 e. The van der Waals surface area contributed by atoms with Gasteiger partial charge in [0.15, 0.2) is 0 Å². The largest absolute Gasteiger partial charge is 0.382 e. The fourth-order valence-electron chi connectivity index (χ4n) is 3.59. The number of rotatable bonds is 2. The van der Waals surface area contributed by atoms with Crippen LogP contribution in [-0.2, 0) is 9.47 Å². The summed E-state index contributed by atoms with van der Waals surface area (Å²) in [6, 6.07) is 4.85. The van der Waals surface area contributed by atoms with Crippen molar-refractivity contribution in [2.75, 3.05) is 25.1 Å². The molecule has 1 spiro atoms. The summed E-state index contributed by atoms with van der Waals surface area (Å²) >= 11 is 3.57. The summed E-state index contributed by atoms with van der Waals surface area (Å²) in [6.45, 7) is 6.87. The number of nitrogens with one attached hydrogen (secondary N) is 1. The van der Waals surface area contributed by atoms with Crippen LogP contribution in [0.1, 0.15) is 36.8 Å². The van der Waals surface area contributed by atoms with Crippen LogP contribution in [0.3, 0.4) is 0 Å². The zero-order valence-electron chi connectivity index (χ0n) is 12.9. The molecular formula is C17H24BrNO2. The molecule has 1 atom stereocenters. The van der Waals surface area contributed by atoms with Crippen molar-refractivity contribution in [2.24, 2.45) is 0 Å². The molecule has 4 heteroatoms. The van der Waals surface area contributed by atoms with E-state index in [2.05, 4.69) is 47.2 Å². The molecule has 0 amide bonds. The number of hydrogen-bond donors (Lipinski definition) is 1. The van der Waals surface area contributed by atoms with Crippen LogP contribution in [-0.4, -0.2) is 31.5 Å². The van der Waals surface area contributed by atoms with E-state index in [0.717, 1.165) is 50.0 Å². The highest BCUT2D eigenvalue weighted by atomic mass is 79.9. The van der Waals surface area contributed by atoms with Crippen molar-refractivity contribution in [3.63, 3.8) is 0 Å². The van der Waals surface area contributed by atoms with Gasteiger partial charge in [-0.05, 0) is 62.8 Å². The van der Waals surface area contributed by atoms with E-state index >= 15 is 0 Å². The minimum absolute atomic E-state index is 0.0470. The van der Waals surface area contributed by atoms with E-state index < -0.39 is 0 Å². The maximum absolute atomic E-state index is 6.13. The number of halogens is 1. The molecule has 0 saturated carbocycles. The Morgan fingerprint density at radius 3 is 2.48 bits per heavy atom. The normalized spacial score (nSPS) is 25.0. The van der Waals surface area contributed by atoms with Gasteiger partial charge in [-0.1, -0.05) is 15.9 Å². The SMILES string of the molecule is Cc1cc(Br)cc(C)c1NC1CCOC2(CCOCC2)C1. The van der Waals surface area contributed by atoms with Gasteiger partial charge in [-0.25, -0.2) is 0 Å². The number of anilines is 1. The van der Waals surface area contributed by atoms with Gasteiger partial charge in [0.1, 0.15) is 0 Å². The van der Waals surface area contributed by atoms with Crippen LogP contribution in [0, 0.1) is 13.8 Å². The van der Waals surface area contributed by atoms with Crippen LogP contribution < -0.4 is 5.32 Å². The molecule has 21 heavy (non-hydrogen) atoms. The molecule has 2 aliphatic rings. The number of hydrogen-bond acceptors (Lipinski definition) is 3. The highest BCUT2D eigenvalue weighted by Crippen LogP contribution is 2.36. The minimum Gasteiger partial charge on any atom is -0.382 e. The summed E-state index contributed by atoms with van der Waals surface area (Å²) in [5, 5.41) is 3.77. The molecular weight excluding hydrogens is 330 g/mol. The zero-order chi connectivity index (χ0) is 14.9. The third kappa shape index (κ3) is 3.43. The molecule has 116 valence electrons. The first-order valence-corrected chi connectivity index (χ1v) is 8.62. The minimum atomic E-state index is 0.0470. The zero-order valence-corrected chi connectivity index (χ0v) is 14.5. The van der Waals surface area contributed by atoms with Crippen molar-refractivity contribution in [3.05, 3.63) is 27.7 Å². The molecule has 0 aliphatic carbocycles. The van der Waals surface area contributed by atoms with Crippen molar-refractivity contribution >= 4 is 21.6 Å². The number of ether oxygens (including phenoxy) is 2. The van der Waals surface area contributed by atoms with Gasteiger partial charge in [0.05, 0.1) is 5.60 Å². The predicted octanol–water partition coefficient (Wildman–Crippen LogP) is 4.21. The van der Waals surface area contributed by atoms with E-state index in [1.807, 2.05) is 0 Å². The summed E-state index contributed by atoms with van der Waals surface area (Å²) in [7, 11) is 0. The molecule has 0 radical (unpaired) electrons. The van der Waals surface area contributed by atoms with Crippen molar-refractivity contribution in [1.82, 2.24) is 0 Å². The fourth-order valence-corrected chi connectivity index (χ4v) is 4.27. The standard InChI is InChI=1S/C17H24BrNO2/c1-12-9-14(18)10-13(2)16(12)19-15-3-6-21-17(11-15)4-7-20-8-5-17/h9-10,15,19H,3-8,11H2,1-2H3. The Morgan fingerprint density at radius 1 is 1.14 bits per heavy atom. The van der Waals surface area contributed by atoms with Crippen molar-refractivity contribution < 1.29 is 9.47 Å². The lowest BCUT2D eigenvalue weighted by Gasteiger charge is -2.43. The van der Waals surface area contributed by atoms with Gasteiger partial charge in [0.25, 0.3) is 0 Å². The van der Waals surface area contributed by atoms with Gasteiger partial charge in [0, 0.05) is 36.0 Å². The predicted molar refractivity (Wildman–Crippen MR) is 89.0 cm³/mol. The molecule has 1 aromatic carbocycles. The van der Waals surface area contributed by atoms with Gasteiger partial charge >= 0.3 is 0 Å². The molecule has 2 fully saturated rings. The second kappa shape index (κ2) is 6.27. The molecule has 3 rings (SSSR count). The Morgan fingerprint density at radius 2 is 1.81 bits per heavy atom. The number of benzene rings is 1. The Bertz CT molecular complexity index is 483. The first-order valence-electron chi connectivity index (χ1n) is 7.83. The van der Waals surface area contributed by atoms with Crippen LogP contribution in [0.5, 0.6) is 0 Å². The lowest BCUT2D eigenvalue weighted by Crippen LogP contribution is -2.47.